The molecule has 98 valence electrons. The maximum Gasteiger partial charge on any atom is 0.281 e. The average molecular weight is 296 g/mol. The van der Waals surface area contributed by atoms with Crippen molar-refractivity contribution in [1.29, 1.82) is 0 Å². The van der Waals surface area contributed by atoms with Gasteiger partial charge in [-0.1, -0.05) is 0 Å². The van der Waals surface area contributed by atoms with E-state index in [9.17, 15) is 8.42 Å². The third kappa shape index (κ3) is 2.00. The Bertz CT molecular complexity index is 823. The van der Waals surface area contributed by atoms with Crippen LogP contribution in [0.25, 0.3) is 4.96 Å². The molecule has 0 radical (unpaired) electrons. The predicted octanol–water partition coefficient (Wildman–Crippen LogP) is 0.569. The molecular formula is C9H8N6O2S2. The van der Waals surface area contributed by atoms with E-state index in [0.29, 0.717) is 4.96 Å². The zero-order chi connectivity index (χ0) is 13.5. The molecule has 3 rings (SSSR count). The number of imidazole rings is 1. The fourth-order valence-electron chi connectivity index (χ4n) is 1.60. The summed E-state index contributed by atoms with van der Waals surface area (Å²) >= 11 is 1.30. The Morgan fingerprint density at radius 3 is 2.79 bits per heavy atom. The monoisotopic (exact) mass is 296 g/mol. The quantitative estimate of drug-likeness (QED) is 0.730. The van der Waals surface area contributed by atoms with Crippen LogP contribution in [-0.2, 0) is 10.0 Å². The highest BCUT2D eigenvalue weighted by Crippen LogP contribution is 2.24. The molecule has 0 aromatic carbocycles. The Labute approximate surface area is 112 Å². The molecule has 0 spiro atoms. The molecule has 0 saturated carbocycles. The van der Waals surface area contributed by atoms with Crippen LogP contribution < -0.4 is 10.5 Å². The lowest BCUT2D eigenvalue weighted by Gasteiger charge is -2.06. The Hall–Kier alpha value is -2.20. The average Bonchev–Trinajstić information content (AvgIpc) is 2.88. The highest BCUT2D eigenvalue weighted by Gasteiger charge is 2.24. The summed E-state index contributed by atoms with van der Waals surface area (Å²) in [6.45, 7) is 0. The fourth-order valence-corrected chi connectivity index (χ4v) is 3.62. The van der Waals surface area contributed by atoms with Crippen LogP contribution in [0.5, 0.6) is 0 Å². The van der Waals surface area contributed by atoms with Gasteiger partial charge in [-0.15, -0.1) is 11.3 Å². The van der Waals surface area contributed by atoms with Gasteiger partial charge in [-0.3, -0.25) is 9.12 Å². The molecule has 3 aromatic rings. The SMILES string of the molecule is Nc1nc2sccn2c1S(=O)(=O)Nc1cncnc1. The number of thiazole rings is 1. The van der Waals surface area contributed by atoms with E-state index >= 15 is 0 Å². The minimum atomic E-state index is -3.85. The van der Waals surface area contributed by atoms with E-state index in [1.165, 1.54) is 34.5 Å². The van der Waals surface area contributed by atoms with Crippen molar-refractivity contribution in [3.05, 3.63) is 30.3 Å². The number of nitrogens with zero attached hydrogens (tertiary/aromatic N) is 4. The zero-order valence-electron chi connectivity index (χ0n) is 9.39. The summed E-state index contributed by atoms with van der Waals surface area (Å²) in [6, 6.07) is 0. The predicted molar refractivity (Wildman–Crippen MR) is 70.3 cm³/mol. The van der Waals surface area contributed by atoms with E-state index in [1.807, 2.05) is 0 Å². The van der Waals surface area contributed by atoms with Gasteiger partial charge < -0.3 is 5.73 Å². The maximum absolute atomic E-state index is 12.3. The molecule has 0 atom stereocenters. The van der Waals surface area contributed by atoms with Gasteiger partial charge in [0.1, 0.15) is 6.33 Å². The number of sulfonamides is 1. The number of hydrogen-bond donors (Lipinski definition) is 2. The van der Waals surface area contributed by atoms with Gasteiger partial charge >= 0.3 is 0 Å². The number of hydrogen-bond acceptors (Lipinski definition) is 7. The lowest BCUT2D eigenvalue weighted by atomic mass is 10.6. The van der Waals surface area contributed by atoms with Crippen molar-refractivity contribution in [3.8, 4) is 0 Å². The molecule has 0 bridgehead atoms. The number of nitrogen functional groups attached to an aromatic ring is 1. The van der Waals surface area contributed by atoms with E-state index in [-0.39, 0.29) is 16.5 Å². The Morgan fingerprint density at radius 2 is 2.05 bits per heavy atom. The van der Waals surface area contributed by atoms with Crippen LogP contribution in [0.2, 0.25) is 0 Å². The van der Waals surface area contributed by atoms with Crippen LogP contribution in [0.4, 0.5) is 11.5 Å². The first-order chi connectivity index (χ1) is 9.08. The van der Waals surface area contributed by atoms with Crippen molar-refractivity contribution < 1.29 is 8.42 Å². The Kier molecular flexibility index (Phi) is 2.61. The van der Waals surface area contributed by atoms with Gasteiger partial charge in [-0.05, 0) is 0 Å². The molecule has 0 saturated heterocycles. The standard InChI is InChI=1S/C9H8N6O2S2/c10-7-8(15-1-2-18-9(15)13-7)19(16,17)14-6-3-11-5-12-4-6/h1-5,14H,10H2. The number of aromatic nitrogens is 4. The van der Waals surface area contributed by atoms with E-state index < -0.39 is 10.0 Å². The van der Waals surface area contributed by atoms with Crippen LogP contribution >= 0.6 is 11.3 Å². The van der Waals surface area contributed by atoms with Crippen molar-refractivity contribution in [1.82, 2.24) is 19.4 Å². The van der Waals surface area contributed by atoms with Gasteiger partial charge in [0.15, 0.2) is 10.8 Å². The second-order valence-electron chi connectivity index (χ2n) is 3.59. The fraction of sp³-hybridized carbons (Fsp3) is 0. The number of nitrogens with two attached hydrogens (primary N) is 1. The van der Waals surface area contributed by atoms with Gasteiger partial charge in [-0.25, -0.2) is 15.0 Å². The Balaban J connectivity index is 2.10. The van der Waals surface area contributed by atoms with Crippen molar-refractivity contribution in [2.75, 3.05) is 10.5 Å². The summed E-state index contributed by atoms with van der Waals surface area (Å²) in [6.07, 6.45) is 5.61. The topological polar surface area (TPSA) is 115 Å². The third-order valence-corrected chi connectivity index (χ3v) is 4.49. The molecule has 0 aliphatic heterocycles. The molecule has 10 heteroatoms. The first-order valence-electron chi connectivity index (χ1n) is 5.07. The summed E-state index contributed by atoms with van der Waals surface area (Å²) in [5.41, 5.74) is 5.92. The molecular weight excluding hydrogens is 288 g/mol. The molecule has 0 aliphatic carbocycles. The normalized spacial score (nSPS) is 11.8. The summed E-state index contributed by atoms with van der Waals surface area (Å²) in [7, 11) is -3.85. The van der Waals surface area contributed by atoms with Crippen LogP contribution in [0.3, 0.4) is 0 Å². The summed E-state index contributed by atoms with van der Waals surface area (Å²) in [5.74, 6) is -0.0452. The van der Waals surface area contributed by atoms with Gasteiger partial charge in [0.05, 0.1) is 18.1 Å². The molecule has 0 unspecified atom stereocenters. The molecule has 3 N–H and O–H groups in total. The van der Waals surface area contributed by atoms with Crippen LogP contribution in [0.1, 0.15) is 0 Å². The van der Waals surface area contributed by atoms with Gasteiger partial charge in [0.2, 0.25) is 5.03 Å². The first-order valence-corrected chi connectivity index (χ1v) is 7.43. The van der Waals surface area contributed by atoms with E-state index in [2.05, 4.69) is 19.7 Å². The molecule has 8 nitrogen and oxygen atoms in total. The van der Waals surface area contributed by atoms with Crippen LogP contribution in [0, 0.1) is 0 Å². The van der Waals surface area contributed by atoms with Crippen LogP contribution in [0.15, 0.2) is 35.3 Å². The minimum absolute atomic E-state index is 0.0452. The number of fused-ring (bicyclic) bond motifs is 1. The highest BCUT2D eigenvalue weighted by atomic mass is 32.2. The molecule has 3 aromatic heterocycles. The van der Waals surface area contributed by atoms with E-state index in [4.69, 9.17) is 5.73 Å². The van der Waals surface area contributed by atoms with Gasteiger partial charge in [0, 0.05) is 11.6 Å². The van der Waals surface area contributed by atoms with Gasteiger partial charge in [0.25, 0.3) is 10.0 Å². The second-order valence-corrected chi connectivity index (χ2v) is 6.06. The van der Waals surface area contributed by atoms with E-state index in [0.717, 1.165) is 0 Å². The van der Waals surface area contributed by atoms with Crippen molar-refractivity contribution >= 4 is 37.8 Å². The van der Waals surface area contributed by atoms with Gasteiger partial charge in [-0.2, -0.15) is 8.42 Å². The summed E-state index contributed by atoms with van der Waals surface area (Å²) in [4.78, 5) is 12.0. The number of rotatable bonds is 3. The second kappa shape index (κ2) is 4.17. The molecule has 0 fully saturated rings. The maximum atomic E-state index is 12.3. The minimum Gasteiger partial charge on any atom is -0.381 e. The molecule has 0 aliphatic rings. The highest BCUT2D eigenvalue weighted by molar-refractivity contribution is 7.92. The summed E-state index contributed by atoms with van der Waals surface area (Å²) < 4.78 is 28.4. The van der Waals surface area contributed by atoms with E-state index in [1.54, 1.807) is 11.6 Å². The lowest BCUT2D eigenvalue weighted by molar-refractivity contribution is 0.597. The first kappa shape index (κ1) is 11.9. The molecule has 19 heavy (non-hydrogen) atoms. The number of nitrogens with one attached hydrogen (secondary N) is 1. The van der Waals surface area contributed by atoms with Crippen molar-refractivity contribution in [2.45, 2.75) is 5.03 Å². The zero-order valence-corrected chi connectivity index (χ0v) is 11.0. The smallest absolute Gasteiger partial charge is 0.281 e. The Morgan fingerprint density at radius 1 is 1.32 bits per heavy atom. The van der Waals surface area contributed by atoms with Crippen LogP contribution in [-0.4, -0.2) is 27.8 Å². The molecule has 3 heterocycles. The number of anilines is 2. The van der Waals surface area contributed by atoms with Crippen molar-refractivity contribution in [2.24, 2.45) is 0 Å². The summed E-state index contributed by atoms with van der Waals surface area (Å²) in [5, 5.41) is 1.64. The largest absolute Gasteiger partial charge is 0.381 e. The third-order valence-electron chi connectivity index (χ3n) is 2.31. The lowest BCUT2D eigenvalue weighted by Crippen LogP contribution is -2.16. The van der Waals surface area contributed by atoms with Crippen molar-refractivity contribution in [3.63, 3.8) is 0 Å². The molecule has 0 amide bonds.